The lowest BCUT2D eigenvalue weighted by Crippen LogP contribution is -2.51. The first-order valence-electron chi connectivity index (χ1n) is 7.75. The quantitative estimate of drug-likeness (QED) is 0.921. The molecule has 0 amide bonds. The van der Waals surface area contributed by atoms with Gasteiger partial charge in [-0.05, 0) is 37.3 Å². The highest BCUT2D eigenvalue weighted by Crippen LogP contribution is 2.73. The molecule has 2 aliphatic rings. The molecule has 1 aromatic rings. The lowest BCUT2D eigenvalue weighted by atomic mass is 9.57. The first kappa shape index (κ1) is 14.7. The van der Waals surface area contributed by atoms with Gasteiger partial charge in [0.2, 0.25) is 0 Å². The normalized spacial score (nSPS) is 36.8. The number of fused-ring (bicyclic) bond motifs is 2. The van der Waals surface area contributed by atoms with Crippen molar-refractivity contribution >= 4 is 0 Å². The lowest BCUT2D eigenvalue weighted by Gasteiger charge is -2.51. The van der Waals surface area contributed by atoms with E-state index in [1.54, 1.807) is 14.2 Å². The molecule has 0 heterocycles. The minimum atomic E-state index is -0.930. The Balaban J connectivity index is 2.28. The summed E-state index contributed by atoms with van der Waals surface area (Å²) in [4.78, 5) is 0. The van der Waals surface area contributed by atoms with E-state index in [1.165, 1.54) is 6.42 Å². The van der Waals surface area contributed by atoms with E-state index in [2.05, 4.69) is 20.8 Å². The molecule has 0 unspecified atom stereocenters. The number of hydrogen-bond acceptors (Lipinski definition) is 3. The van der Waals surface area contributed by atoms with Crippen LogP contribution in [0.4, 0.5) is 0 Å². The molecule has 3 heteroatoms. The van der Waals surface area contributed by atoms with Gasteiger partial charge in [-0.1, -0.05) is 26.8 Å². The van der Waals surface area contributed by atoms with Crippen molar-refractivity contribution < 1.29 is 14.6 Å². The molecule has 0 radical (unpaired) electrons. The minimum Gasteiger partial charge on any atom is -0.496 e. The molecule has 2 fully saturated rings. The van der Waals surface area contributed by atoms with E-state index in [-0.39, 0.29) is 10.8 Å². The summed E-state index contributed by atoms with van der Waals surface area (Å²) in [5.74, 6) is 1.99. The van der Waals surface area contributed by atoms with Gasteiger partial charge in [0.25, 0.3) is 0 Å². The Morgan fingerprint density at radius 3 is 2.10 bits per heavy atom. The van der Waals surface area contributed by atoms with E-state index in [1.807, 2.05) is 18.2 Å². The van der Waals surface area contributed by atoms with Crippen LogP contribution in [0.25, 0.3) is 0 Å². The number of aliphatic hydroxyl groups is 1. The van der Waals surface area contributed by atoms with Crippen LogP contribution in [-0.2, 0) is 5.60 Å². The molecule has 0 saturated heterocycles. The van der Waals surface area contributed by atoms with E-state index in [9.17, 15) is 5.11 Å². The highest BCUT2D eigenvalue weighted by molar-refractivity contribution is 5.52. The molecule has 2 aliphatic carbocycles. The molecular weight excluding hydrogens is 264 g/mol. The average Bonchev–Trinajstić information content (AvgIpc) is 2.94. The van der Waals surface area contributed by atoms with Crippen LogP contribution >= 0.6 is 0 Å². The van der Waals surface area contributed by atoms with Crippen LogP contribution in [0.3, 0.4) is 0 Å². The van der Waals surface area contributed by atoms with Crippen LogP contribution in [0.2, 0.25) is 0 Å². The predicted octanol–water partition coefficient (Wildman–Crippen LogP) is 3.74. The van der Waals surface area contributed by atoms with E-state index in [4.69, 9.17) is 9.47 Å². The molecule has 1 aromatic carbocycles. The number of ether oxygens (including phenoxy) is 2. The molecule has 0 spiro atoms. The minimum absolute atomic E-state index is 0.122. The van der Waals surface area contributed by atoms with Crippen molar-refractivity contribution in [1.29, 1.82) is 0 Å². The summed E-state index contributed by atoms with van der Waals surface area (Å²) in [7, 11) is 3.31. The molecular formula is C18H26O3. The second-order valence-corrected chi connectivity index (χ2v) is 7.47. The van der Waals surface area contributed by atoms with Crippen molar-refractivity contribution in [1.82, 2.24) is 0 Å². The molecule has 0 aromatic heterocycles. The summed E-state index contributed by atoms with van der Waals surface area (Å²) in [5, 5.41) is 11.9. The lowest BCUT2D eigenvalue weighted by molar-refractivity contribution is -0.152. The zero-order valence-electron chi connectivity index (χ0n) is 13.7. The molecule has 1 N–H and O–H groups in total. The van der Waals surface area contributed by atoms with Gasteiger partial charge in [-0.2, -0.15) is 0 Å². The number of hydrogen-bond donors (Lipinski definition) is 1. The summed E-state index contributed by atoms with van der Waals surface area (Å²) in [5.41, 5.74) is -0.420. The van der Waals surface area contributed by atoms with Gasteiger partial charge < -0.3 is 14.6 Å². The van der Waals surface area contributed by atoms with Crippen LogP contribution in [0, 0.1) is 16.7 Å². The van der Waals surface area contributed by atoms with E-state index in [0.717, 1.165) is 29.9 Å². The molecule has 0 aliphatic heterocycles. The predicted molar refractivity (Wildman–Crippen MR) is 82.7 cm³/mol. The van der Waals surface area contributed by atoms with E-state index in [0.29, 0.717) is 5.92 Å². The number of rotatable bonds is 3. The highest BCUT2D eigenvalue weighted by Gasteiger charge is 2.70. The first-order chi connectivity index (χ1) is 9.81. The Hall–Kier alpha value is -1.22. The van der Waals surface area contributed by atoms with Gasteiger partial charge in [0.05, 0.1) is 19.8 Å². The largest absolute Gasteiger partial charge is 0.496 e. The van der Waals surface area contributed by atoms with Crippen LogP contribution in [0.15, 0.2) is 18.2 Å². The standard InChI is InChI=1S/C18H26O3/c1-16(2)12-9-10-17(3,11-12)18(16,19)15-13(20-4)7-6-8-14(15)21-5/h6-8,12,19H,9-11H2,1-5H3/t12-,17+,18-/m1/s1. The van der Waals surface area contributed by atoms with Crippen LogP contribution < -0.4 is 9.47 Å². The van der Waals surface area contributed by atoms with Gasteiger partial charge >= 0.3 is 0 Å². The zero-order valence-corrected chi connectivity index (χ0v) is 13.7. The topological polar surface area (TPSA) is 38.7 Å². The first-order valence-corrected chi connectivity index (χ1v) is 7.75. The summed E-state index contributed by atoms with van der Waals surface area (Å²) >= 11 is 0. The fourth-order valence-corrected chi connectivity index (χ4v) is 5.09. The fourth-order valence-electron chi connectivity index (χ4n) is 5.09. The third-order valence-electron chi connectivity index (χ3n) is 6.36. The Morgan fingerprint density at radius 2 is 1.67 bits per heavy atom. The molecule has 2 saturated carbocycles. The Kier molecular flexibility index (Phi) is 3.07. The second-order valence-electron chi connectivity index (χ2n) is 7.47. The van der Waals surface area contributed by atoms with Gasteiger partial charge in [-0.25, -0.2) is 0 Å². The van der Waals surface area contributed by atoms with Gasteiger partial charge in [-0.15, -0.1) is 0 Å². The SMILES string of the molecule is COc1cccc(OC)c1[C@@]1(O)C(C)(C)[C@@H]2CC[C@@]1(C)C2. The third-order valence-corrected chi connectivity index (χ3v) is 6.36. The molecule has 2 bridgehead atoms. The maximum Gasteiger partial charge on any atom is 0.128 e. The second kappa shape index (κ2) is 4.39. The van der Waals surface area contributed by atoms with Crippen molar-refractivity contribution in [2.24, 2.45) is 16.7 Å². The third kappa shape index (κ3) is 1.58. The zero-order chi connectivity index (χ0) is 15.5. The Bertz CT molecular complexity index is 537. The van der Waals surface area contributed by atoms with Crippen molar-refractivity contribution in [2.75, 3.05) is 14.2 Å². The monoisotopic (exact) mass is 290 g/mol. The molecule has 3 atom stereocenters. The van der Waals surface area contributed by atoms with Gasteiger partial charge in [0.1, 0.15) is 17.1 Å². The average molecular weight is 290 g/mol. The van der Waals surface area contributed by atoms with Gasteiger partial charge in [0.15, 0.2) is 0 Å². The fraction of sp³-hybridized carbons (Fsp3) is 0.667. The Morgan fingerprint density at radius 1 is 1.10 bits per heavy atom. The molecule has 3 nitrogen and oxygen atoms in total. The number of benzene rings is 1. The summed E-state index contributed by atoms with van der Waals surface area (Å²) in [6.45, 7) is 6.59. The van der Waals surface area contributed by atoms with Crippen LogP contribution in [0.1, 0.15) is 45.6 Å². The van der Waals surface area contributed by atoms with Crippen molar-refractivity contribution in [2.45, 2.75) is 45.6 Å². The maximum absolute atomic E-state index is 11.9. The maximum atomic E-state index is 11.9. The smallest absolute Gasteiger partial charge is 0.128 e. The van der Waals surface area contributed by atoms with Crippen molar-refractivity contribution in [3.63, 3.8) is 0 Å². The Labute approximate surface area is 127 Å². The summed E-state index contributed by atoms with van der Waals surface area (Å²) in [6.07, 6.45) is 3.32. The molecule has 3 rings (SSSR count). The van der Waals surface area contributed by atoms with E-state index >= 15 is 0 Å². The van der Waals surface area contributed by atoms with Gasteiger partial charge in [0, 0.05) is 10.8 Å². The van der Waals surface area contributed by atoms with E-state index < -0.39 is 5.60 Å². The van der Waals surface area contributed by atoms with Crippen LogP contribution in [-0.4, -0.2) is 19.3 Å². The molecule has 116 valence electrons. The van der Waals surface area contributed by atoms with Crippen molar-refractivity contribution in [3.05, 3.63) is 23.8 Å². The van der Waals surface area contributed by atoms with Gasteiger partial charge in [-0.3, -0.25) is 0 Å². The molecule has 21 heavy (non-hydrogen) atoms. The highest BCUT2D eigenvalue weighted by atomic mass is 16.5. The van der Waals surface area contributed by atoms with Crippen LogP contribution in [0.5, 0.6) is 11.5 Å². The summed E-state index contributed by atoms with van der Waals surface area (Å²) in [6, 6.07) is 5.75. The van der Waals surface area contributed by atoms with Crippen molar-refractivity contribution in [3.8, 4) is 11.5 Å². The number of methoxy groups -OCH3 is 2. The summed E-state index contributed by atoms with van der Waals surface area (Å²) < 4.78 is 11.1.